The van der Waals surface area contributed by atoms with Gasteiger partial charge in [-0.25, -0.2) is 0 Å². The van der Waals surface area contributed by atoms with Gasteiger partial charge < -0.3 is 20.7 Å². The van der Waals surface area contributed by atoms with E-state index < -0.39 is 22.9 Å². The summed E-state index contributed by atoms with van der Waals surface area (Å²) >= 11 is 0. The van der Waals surface area contributed by atoms with Crippen LogP contribution in [0.25, 0.3) is 0 Å². The van der Waals surface area contributed by atoms with Crippen molar-refractivity contribution in [1.82, 2.24) is 10.2 Å². The number of halogens is 1. The second kappa shape index (κ2) is 12.3. The van der Waals surface area contributed by atoms with Gasteiger partial charge in [0.15, 0.2) is 0 Å². The van der Waals surface area contributed by atoms with Gasteiger partial charge in [-0.05, 0) is 44.7 Å². The van der Waals surface area contributed by atoms with E-state index in [0.717, 1.165) is 11.1 Å². The molecule has 7 nitrogen and oxygen atoms in total. The molecule has 8 heteroatoms. The lowest BCUT2D eigenvalue weighted by atomic mass is 9.70. The van der Waals surface area contributed by atoms with Gasteiger partial charge >= 0.3 is 0 Å². The van der Waals surface area contributed by atoms with Crippen molar-refractivity contribution in [3.63, 3.8) is 0 Å². The Morgan fingerprint density at radius 2 is 1.57 bits per heavy atom. The molecule has 190 valence electrons. The molecule has 1 fully saturated rings. The molecule has 0 radical (unpaired) electrons. The highest BCUT2D eigenvalue weighted by Crippen LogP contribution is 2.36. The number of likely N-dealkylation sites (tertiary alicyclic amines) is 1. The standard InChI is InChI=1S/C27H35N3O4.ClH/c1-20(31)27(22-12-8-5-9-13-22)14-16-30(17-15-27)24(32)23(29-25(33)26(2,3)28)19-34-18-21-10-6-4-7-11-21;/h4-13,23H,14-19,28H2,1-3H3,(H,29,33);1H. The van der Waals surface area contributed by atoms with E-state index in [1.54, 1.807) is 25.7 Å². The van der Waals surface area contributed by atoms with Crippen LogP contribution < -0.4 is 11.1 Å². The van der Waals surface area contributed by atoms with Crippen LogP contribution in [0.15, 0.2) is 60.7 Å². The maximum absolute atomic E-state index is 13.4. The number of ether oxygens (including phenoxy) is 1. The second-order valence-corrected chi connectivity index (χ2v) is 9.58. The SMILES string of the molecule is CC(=O)C1(c2ccccc2)CCN(C(=O)C(COCc2ccccc2)NC(=O)C(C)(C)N)CC1.Cl. The molecule has 3 rings (SSSR count). The minimum atomic E-state index is -1.13. The van der Waals surface area contributed by atoms with E-state index in [-0.39, 0.29) is 30.7 Å². The van der Waals surface area contributed by atoms with Crippen molar-refractivity contribution in [3.8, 4) is 0 Å². The van der Waals surface area contributed by atoms with Crippen LogP contribution in [-0.2, 0) is 31.1 Å². The van der Waals surface area contributed by atoms with Crippen molar-refractivity contribution in [2.24, 2.45) is 5.73 Å². The number of carbonyl (C=O) groups is 3. The van der Waals surface area contributed by atoms with Crippen LogP contribution in [0.5, 0.6) is 0 Å². The molecular formula is C27H36ClN3O4. The normalized spacial score (nSPS) is 16.1. The Balaban J connectivity index is 0.00000432. The molecule has 1 saturated heterocycles. The minimum Gasteiger partial charge on any atom is -0.374 e. The Kier molecular flexibility index (Phi) is 10.0. The van der Waals surface area contributed by atoms with Crippen molar-refractivity contribution < 1.29 is 19.1 Å². The first-order valence-electron chi connectivity index (χ1n) is 11.7. The van der Waals surface area contributed by atoms with Gasteiger partial charge in [-0.1, -0.05) is 60.7 Å². The lowest BCUT2D eigenvalue weighted by molar-refractivity contribution is -0.142. The van der Waals surface area contributed by atoms with Crippen molar-refractivity contribution in [3.05, 3.63) is 71.8 Å². The Morgan fingerprint density at radius 3 is 2.09 bits per heavy atom. The van der Waals surface area contributed by atoms with Gasteiger partial charge in [0.25, 0.3) is 0 Å². The molecule has 1 unspecified atom stereocenters. The van der Waals surface area contributed by atoms with Gasteiger partial charge in [-0.15, -0.1) is 12.4 Å². The average Bonchev–Trinajstić information content (AvgIpc) is 2.83. The highest BCUT2D eigenvalue weighted by atomic mass is 35.5. The number of Topliss-reactive ketones (excluding diaryl/α,β-unsaturated/α-hetero) is 1. The molecule has 0 bridgehead atoms. The van der Waals surface area contributed by atoms with E-state index in [1.807, 2.05) is 60.7 Å². The second-order valence-electron chi connectivity index (χ2n) is 9.58. The van der Waals surface area contributed by atoms with E-state index in [1.165, 1.54) is 0 Å². The summed E-state index contributed by atoms with van der Waals surface area (Å²) in [4.78, 5) is 40.4. The molecule has 0 saturated carbocycles. The van der Waals surface area contributed by atoms with Crippen molar-refractivity contribution in [2.45, 2.75) is 57.2 Å². The molecule has 2 aromatic carbocycles. The summed E-state index contributed by atoms with van der Waals surface area (Å²) in [6, 6.07) is 18.5. The number of nitrogens with one attached hydrogen (secondary N) is 1. The van der Waals surface area contributed by atoms with Gasteiger partial charge in [-0.2, -0.15) is 0 Å². The predicted octanol–water partition coefficient (Wildman–Crippen LogP) is 3.00. The molecular weight excluding hydrogens is 466 g/mol. The number of amides is 2. The van der Waals surface area contributed by atoms with Gasteiger partial charge in [0.2, 0.25) is 11.8 Å². The van der Waals surface area contributed by atoms with Gasteiger partial charge in [0, 0.05) is 13.1 Å². The number of hydrogen-bond acceptors (Lipinski definition) is 5. The van der Waals surface area contributed by atoms with Gasteiger partial charge in [-0.3, -0.25) is 14.4 Å². The summed E-state index contributed by atoms with van der Waals surface area (Å²) in [5.41, 5.74) is 6.18. The maximum atomic E-state index is 13.4. The molecule has 1 atom stereocenters. The summed E-state index contributed by atoms with van der Waals surface area (Å²) < 4.78 is 5.80. The number of hydrogen-bond donors (Lipinski definition) is 2. The first-order valence-corrected chi connectivity index (χ1v) is 11.7. The van der Waals surface area contributed by atoms with Crippen molar-refractivity contribution in [2.75, 3.05) is 19.7 Å². The fraction of sp³-hybridized carbons (Fsp3) is 0.444. The molecule has 2 amide bonds. The first kappa shape index (κ1) is 28.5. The third-order valence-electron chi connectivity index (χ3n) is 6.51. The summed E-state index contributed by atoms with van der Waals surface area (Å²) in [5.74, 6) is -0.545. The number of nitrogens with zero attached hydrogens (tertiary/aromatic N) is 1. The molecule has 0 aromatic heterocycles. The van der Waals surface area contributed by atoms with Gasteiger partial charge in [0.05, 0.1) is 24.2 Å². The molecule has 2 aromatic rings. The molecule has 1 aliphatic heterocycles. The van der Waals surface area contributed by atoms with Crippen LogP contribution in [-0.4, -0.2) is 53.8 Å². The molecule has 0 aliphatic carbocycles. The molecule has 0 spiro atoms. The third-order valence-corrected chi connectivity index (χ3v) is 6.51. The van der Waals surface area contributed by atoms with Crippen LogP contribution >= 0.6 is 12.4 Å². The Labute approximate surface area is 213 Å². The average molecular weight is 502 g/mol. The largest absolute Gasteiger partial charge is 0.374 e. The van der Waals surface area contributed by atoms with Crippen LogP contribution in [0, 0.1) is 0 Å². The zero-order chi connectivity index (χ0) is 24.8. The Hall–Kier alpha value is -2.74. The molecule has 3 N–H and O–H groups in total. The minimum absolute atomic E-state index is 0. The molecule has 1 aliphatic rings. The zero-order valence-corrected chi connectivity index (χ0v) is 21.5. The summed E-state index contributed by atoms with van der Waals surface area (Å²) in [5, 5.41) is 2.77. The number of carbonyl (C=O) groups excluding carboxylic acids is 3. The first-order chi connectivity index (χ1) is 16.1. The summed E-state index contributed by atoms with van der Waals surface area (Å²) in [6.45, 7) is 6.01. The lowest BCUT2D eigenvalue weighted by Crippen LogP contribution is -2.59. The van der Waals surface area contributed by atoms with E-state index in [0.29, 0.717) is 32.5 Å². The van der Waals surface area contributed by atoms with Gasteiger partial charge in [0.1, 0.15) is 11.8 Å². The van der Waals surface area contributed by atoms with Crippen LogP contribution in [0.4, 0.5) is 0 Å². The molecule has 1 heterocycles. The number of benzene rings is 2. The Morgan fingerprint density at radius 1 is 1.03 bits per heavy atom. The smallest absolute Gasteiger partial charge is 0.247 e. The summed E-state index contributed by atoms with van der Waals surface area (Å²) in [6.07, 6.45) is 1.07. The number of ketones is 1. The molecule has 35 heavy (non-hydrogen) atoms. The topological polar surface area (TPSA) is 102 Å². The Bertz CT molecular complexity index is 984. The fourth-order valence-electron chi connectivity index (χ4n) is 4.32. The quantitative estimate of drug-likeness (QED) is 0.550. The van der Waals surface area contributed by atoms with E-state index in [2.05, 4.69) is 5.32 Å². The lowest BCUT2D eigenvalue weighted by Gasteiger charge is -2.41. The highest BCUT2D eigenvalue weighted by Gasteiger charge is 2.42. The van der Waals surface area contributed by atoms with Crippen molar-refractivity contribution in [1.29, 1.82) is 0 Å². The highest BCUT2D eigenvalue weighted by molar-refractivity contribution is 5.92. The number of nitrogens with two attached hydrogens (primary N) is 1. The van der Waals surface area contributed by atoms with Crippen LogP contribution in [0.2, 0.25) is 0 Å². The van der Waals surface area contributed by atoms with E-state index in [4.69, 9.17) is 10.5 Å². The van der Waals surface area contributed by atoms with Crippen LogP contribution in [0.1, 0.15) is 44.7 Å². The van der Waals surface area contributed by atoms with E-state index >= 15 is 0 Å². The third kappa shape index (κ3) is 7.13. The van der Waals surface area contributed by atoms with E-state index in [9.17, 15) is 14.4 Å². The fourth-order valence-corrected chi connectivity index (χ4v) is 4.32. The predicted molar refractivity (Wildman–Crippen MR) is 138 cm³/mol. The maximum Gasteiger partial charge on any atom is 0.247 e. The van der Waals surface area contributed by atoms with Crippen LogP contribution in [0.3, 0.4) is 0 Å². The zero-order valence-electron chi connectivity index (χ0n) is 20.7. The number of piperidine rings is 1. The summed E-state index contributed by atoms with van der Waals surface area (Å²) in [7, 11) is 0. The monoisotopic (exact) mass is 501 g/mol. The van der Waals surface area contributed by atoms with Crippen molar-refractivity contribution >= 4 is 30.0 Å². The number of rotatable bonds is 9.